The molecule has 2 N–H and O–H groups in total. The number of aromatic nitrogens is 8. The van der Waals surface area contributed by atoms with Gasteiger partial charge in [0, 0.05) is 43.1 Å². The lowest BCUT2D eigenvalue weighted by Gasteiger charge is -2.11. The van der Waals surface area contributed by atoms with Crippen LogP contribution in [0.1, 0.15) is 11.5 Å². The SMILES string of the molecule is C#Cc1ncc2cc(-c3c(-c4ccc(Oc5nccc(C)n5)c(F)c4)c4c(N)ncnc4n3C)n(C)c2n1. The first-order chi connectivity index (χ1) is 18.4. The molecule has 6 rings (SSSR count). The van der Waals surface area contributed by atoms with Gasteiger partial charge in [-0.1, -0.05) is 6.07 Å². The summed E-state index contributed by atoms with van der Waals surface area (Å²) >= 11 is 0. The fourth-order valence-electron chi connectivity index (χ4n) is 4.58. The van der Waals surface area contributed by atoms with Crippen molar-refractivity contribution in [2.24, 2.45) is 14.1 Å². The number of anilines is 1. The second-order valence-electron chi connectivity index (χ2n) is 8.67. The van der Waals surface area contributed by atoms with Gasteiger partial charge in [0.15, 0.2) is 11.6 Å². The van der Waals surface area contributed by atoms with Crippen LogP contribution >= 0.6 is 0 Å². The van der Waals surface area contributed by atoms with E-state index in [-0.39, 0.29) is 23.4 Å². The second kappa shape index (κ2) is 8.63. The molecule has 0 unspecified atom stereocenters. The molecule has 0 fully saturated rings. The number of nitrogens with two attached hydrogens (primary N) is 1. The lowest BCUT2D eigenvalue weighted by atomic mass is 10.0. The largest absolute Gasteiger partial charge is 0.421 e. The molecule has 0 aliphatic carbocycles. The van der Waals surface area contributed by atoms with Crippen molar-refractivity contribution in [2.45, 2.75) is 6.92 Å². The Hall–Kier alpha value is -5.37. The summed E-state index contributed by atoms with van der Waals surface area (Å²) in [5.74, 6) is 2.43. The Morgan fingerprint density at radius 3 is 2.61 bits per heavy atom. The van der Waals surface area contributed by atoms with Crippen LogP contribution in [-0.2, 0) is 14.1 Å². The maximum atomic E-state index is 15.4. The molecule has 38 heavy (non-hydrogen) atoms. The Balaban J connectivity index is 1.57. The van der Waals surface area contributed by atoms with Crippen LogP contribution < -0.4 is 10.5 Å². The smallest absolute Gasteiger partial charge is 0.322 e. The van der Waals surface area contributed by atoms with Gasteiger partial charge < -0.3 is 19.6 Å². The molecular weight excluding hydrogens is 485 g/mol. The number of aryl methyl sites for hydroxylation is 3. The van der Waals surface area contributed by atoms with Gasteiger partial charge in [-0.2, -0.15) is 0 Å². The first-order valence-electron chi connectivity index (χ1n) is 11.5. The highest BCUT2D eigenvalue weighted by Gasteiger charge is 2.25. The van der Waals surface area contributed by atoms with Crippen molar-refractivity contribution >= 4 is 27.9 Å². The third-order valence-corrected chi connectivity index (χ3v) is 6.33. The van der Waals surface area contributed by atoms with Crippen LogP contribution in [0.5, 0.6) is 11.8 Å². The van der Waals surface area contributed by atoms with Gasteiger partial charge >= 0.3 is 6.01 Å². The topological polar surface area (TPSA) is 122 Å². The minimum absolute atomic E-state index is 0.00736. The molecule has 0 bridgehead atoms. The molecule has 0 saturated carbocycles. The van der Waals surface area contributed by atoms with Gasteiger partial charge in [-0.05, 0) is 42.7 Å². The average molecular weight is 506 g/mol. The molecule has 0 saturated heterocycles. The first-order valence-corrected chi connectivity index (χ1v) is 11.5. The quantitative estimate of drug-likeness (QED) is 0.354. The zero-order valence-corrected chi connectivity index (χ0v) is 20.6. The van der Waals surface area contributed by atoms with Gasteiger partial charge in [-0.25, -0.2) is 34.3 Å². The first kappa shape index (κ1) is 23.1. The third-order valence-electron chi connectivity index (χ3n) is 6.33. The minimum atomic E-state index is -0.590. The predicted molar refractivity (Wildman–Crippen MR) is 141 cm³/mol. The van der Waals surface area contributed by atoms with E-state index in [0.29, 0.717) is 33.5 Å². The number of halogens is 1. The molecule has 0 aliphatic rings. The summed E-state index contributed by atoms with van der Waals surface area (Å²) in [4.78, 5) is 25.6. The highest BCUT2D eigenvalue weighted by Crippen LogP contribution is 2.43. The standard InChI is InChI=1S/C27H20FN9O/c1-5-20-31-12-16-11-18(36(3)25(16)35-20)23-21(22-24(29)32-13-33-26(22)37(23)4)15-6-7-19(17(28)10-15)38-27-30-9-8-14(2)34-27/h1,6-13H,2-4H3,(H2,29,32,33). The Labute approximate surface area is 216 Å². The average Bonchev–Trinajstić information content (AvgIpc) is 3.39. The Bertz CT molecular complexity index is 1930. The van der Waals surface area contributed by atoms with Crippen molar-refractivity contribution in [3.63, 3.8) is 0 Å². The van der Waals surface area contributed by atoms with E-state index in [2.05, 4.69) is 35.8 Å². The fourth-order valence-corrected chi connectivity index (χ4v) is 4.58. The number of terminal acetylenes is 1. The number of hydrogen-bond acceptors (Lipinski definition) is 8. The number of ether oxygens (including phenoxy) is 1. The molecule has 186 valence electrons. The maximum Gasteiger partial charge on any atom is 0.322 e. The molecule has 6 aromatic rings. The number of hydrogen-bond donors (Lipinski definition) is 1. The van der Waals surface area contributed by atoms with Crippen molar-refractivity contribution in [1.82, 2.24) is 39.0 Å². The normalized spacial score (nSPS) is 11.2. The maximum absolute atomic E-state index is 15.4. The number of nitrogens with zero attached hydrogens (tertiary/aromatic N) is 8. The molecular formula is C27H20FN9O. The zero-order valence-electron chi connectivity index (χ0n) is 20.6. The lowest BCUT2D eigenvalue weighted by Crippen LogP contribution is -2.00. The fraction of sp³-hybridized carbons (Fsp3) is 0.111. The molecule has 0 atom stereocenters. The van der Waals surface area contributed by atoms with Crippen LogP contribution in [-0.4, -0.2) is 39.0 Å². The van der Waals surface area contributed by atoms with Gasteiger partial charge in [-0.15, -0.1) is 6.42 Å². The third kappa shape index (κ3) is 3.58. The van der Waals surface area contributed by atoms with E-state index in [1.807, 2.05) is 29.3 Å². The Morgan fingerprint density at radius 2 is 1.84 bits per heavy atom. The van der Waals surface area contributed by atoms with Crippen molar-refractivity contribution in [3.05, 3.63) is 66.4 Å². The summed E-state index contributed by atoms with van der Waals surface area (Å²) in [5, 5.41) is 1.39. The van der Waals surface area contributed by atoms with Gasteiger partial charge in [-0.3, -0.25) is 0 Å². The number of rotatable bonds is 4. The van der Waals surface area contributed by atoms with Gasteiger partial charge in [0.05, 0.1) is 16.8 Å². The van der Waals surface area contributed by atoms with Crippen LogP contribution in [0.2, 0.25) is 0 Å². The summed E-state index contributed by atoms with van der Waals surface area (Å²) in [6.07, 6.45) is 10.1. The molecule has 10 nitrogen and oxygen atoms in total. The van der Waals surface area contributed by atoms with E-state index in [9.17, 15) is 0 Å². The highest BCUT2D eigenvalue weighted by molar-refractivity contribution is 6.08. The summed E-state index contributed by atoms with van der Waals surface area (Å²) in [5.41, 5.74) is 11.0. The zero-order chi connectivity index (χ0) is 26.6. The van der Waals surface area contributed by atoms with E-state index in [1.165, 1.54) is 18.5 Å². The molecule has 0 radical (unpaired) electrons. The van der Waals surface area contributed by atoms with Crippen molar-refractivity contribution in [3.8, 4) is 46.6 Å². The molecule has 11 heteroatoms. The summed E-state index contributed by atoms with van der Waals surface area (Å²) < 4.78 is 24.8. The number of nitrogen functional groups attached to an aromatic ring is 1. The number of fused-ring (bicyclic) bond motifs is 2. The van der Waals surface area contributed by atoms with Gasteiger partial charge in [0.1, 0.15) is 23.4 Å². The van der Waals surface area contributed by atoms with E-state index in [1.54, 1.807) is 31.5 Å². The van der Waals surface area contributed by atoms with E-state index in [4.69, 9.17) is 16.9 Å². The van der Waals surface area contributed by atoms with E-state index in [0.717, 1.165) is 16.8 Å². The molecule has 5 aromatic heterocycles. The molecule has 0 amide bonds. The van der Waals surface area contributed by atoms with Crippen LogP contribution in [0.3, 0.4) is 0 Å². The molecule has 0 aliphatic heterocycles. The molecule has 1 aromatic carbocycles. The van der Waals surface area contributed by atoms with E-state index >= 15 is 4.39 Å². The summed E-state index contributed by atoms with van der Waals surface area (Å²) in [6, 6.07) is 8.40. The number of benzene rings is 1. The van der Waals surface area contributed by atoms with Crippen molar-refractivity contribution < 1.29 is 9.13 Å². The van der Waals surface area contributed by atoms with Crippen LogP contribution in [0.4, 0.5) is 10.2 Å². The summed E-state index contributed by atoms with van der Waals surface area (Å²) in [6.45, 7) is 1.80. The van der Waals surface area contributed by atoms with Crippen molar-refractivity contribution in [1.29, 1.82) is 0 Å². The van der Waals surface area contributed by atoms with Crippen LogP contribution in [0, 0.1) is 25.1 Å². The Morgan fingerprint density at radius 1 is 1.00 bits per heavy atom. The molecule has 0 spiro atoms. The Kier molecular flexibility index (Phi) is 5.24. The lowest BCUT2D eigenvalue weighted by molar-refractivity contribution is 0.410. The predicted octanol–water partition coefficient (Wildman–Crippen LogP) is 4.18. The second-order valence-corrected chi connectivity index (χ2v) is 8.67. The van der Waals surface area contributed by atoms with Crippen LogP contribution in [0.15, 0.2) is 49.1 Å². The minimum Gasteiger partial charge on any atom is -0.421 e. The van der Waals surface area contributed by atoms with Gasteiger partial charge in [0.25, 0.3) is 0 Å². The van der Waals surface area contributed by atoms with Gasteiger partial charge in [0.2, 0.25) is 5.82 Å². The monoisotopic (exact) mass is 505 g/mol. The van der Waals surface area contributed by atoms with Crippen LogP contribution in [0.25, 0.3) is 44.6 Å². The highest BCUT2D eigenvalue weighted by atomic mass is 19.1. The molecule has 5 heterocycles. The summed E-state index contributed by atoms with van der Waals surface area (Å²) in [7, 11) is 3.74. The van der Waals surface area contributed by atoms with E-state index < -0.39 is 5.82 Å². The van der Waals surface area contributed by atoms with Crippen molar-refractivity contribution in [2.75, 3.05) is 5.73 Å².